The number of thioether (sulfide) groups is 1. The first kappa shape index (κ1) is 21.3. The average molecular weight is 429 g/mol. The van der Waals surface area contributed by atoms with Crippen LogP contribution in [0.5, 0.6) is 0 Å². The molecule has 0 bridgehead atoms. The van der Waals surface area contributed by atoms with E-state index in [-0.39, 0.29) is 17.6 Å². The number of aryl methyl sites for hydroxylation is 2. The number of fused-ring (bicyclic) bond motifs is 1. The van der Waals surface area contributed by atoms with Crippen LogP contribution in [0.4, 0.5) is 5.13 Å². The number of benzene rings is 2. The number of carbonyl (C=O) groups excluding carboxylic acids is 2. The van der Waals surface area contributed by atoms with Gasteiger partial charge in [-0.15, -0.1) is 11.8 Å². The molecule has 1 heterocycles. The molecular weight excluding hydrogens is 404 g/mol. The molecular formula is C22H24N2O3S2. The highest BCUT2D eigenvalue weighted by molar-refractivity contribution is 7.99. The third-order valence-corrected chi connectivity index (χ3v) is 6.40. The Balaban J connectivity index is 1.82. The molecule has 0 aliphatic carbocycles. The van der Waals surface area contributed by atoms with Gasteiger partial charge in [0.25, 0.3) is 0 Å². The largest absolute Gasteiger partial charge is 0.468 e. The number of amides is 1. The summed E-state index contributed by atoms with van der Waals surface area (Å²) in [5, 5.41) is 0.709. The molecule has 1 aromatic heterocycles. The Hall–Kier alpha value is -2.38. The van der Waals surface area contributed by atoms with Gasteiger partial charge in [-0.25, -0.2) is 4.98 Å². The molecule has 5 nitrogen and oxygen atoms in total. The molecule has 29 heavy (non-hydrogen) atoms. The maximum Gasteiger partial charge on any atom is 0.315 e. The Morgan fingerprint density at radius 2 is 1.93 bits per heavy atom. The Bertz CT molecular complexity index is 1000. The summed E-state index contributed by atoms with van der Waals surface area (Å²) in [6, 6.07) is 14.1. The van der Waals surface area contributed by atoms with Crippen LogP contribution in [0.1, 0.15) is 23.1 Å². The number of hydrogen-bond acceptors (Lipinski definition) is 6. The third kappa shape index (κ3) is 5.58. The van der Waals surface area contributed by atoms with Crippen molar-refractivity contribution in [3.8, 4) is 0 Å². The lowest BCUT2D eigenvalue weighted by atomic mass is 10.1. The lowest BCUT2D eigenvalue weighted by Gasteiger charge is -2.20. The van der Waals surface area contributed by atoms with E-state index < -0.39 is 0 Å². The van der Waals surface area contributed by atoms with Crippen LogP contribution in [0.15, 0.2) is 42.5 Å². The summed E-state index contributed by atoms with van der Waals surface area (Å²) in [5.41, 5.74) is 4.30. The first-order valence-corrected chi connectivity index (χ1v) is 11.3. The normalized spacial score (nSPS) is 10.9. The fourth-order valence-corrected chi connectivity index (χ4v) is 4.92. The van der Waals surface area contributed by atoms with Gasteiger partial charge in [0.05, 0.1) is 29.6 Å². The van der Waals surface area contributed by atoms with E-state index in [4.69, 9.17) is 4.98 Å². The first-order chi connectivity index (χ1) is 14.0. The molecule has 3 rings (SSSR count). The Labute approximate surface area is 179 Å². The van der Waals surface area contributed by atoms with E-state index in [0.29, 0.717) is 23.8 Å². The van der Waals surface area contributed by atoms with Crippen LogP contribution in [-0.4, -0.2) is 35.5 Å². The Kier molecular flexibility index (Phi) is 7.28. The lowest BCUT2D eigenvalue weighted by Crippen LogP contribution is -2.30. The highest BCUT2D eigenvalue weighted by Gasteiger charge is 2.21. The molecule has 7 heteroatoms. The van der Waals surface area contributed by atoms with Crippen LogP contribution >= 0.6 is 23.1 Å². The second-order valence-electron chi connectivity index (χ2n) is 6.77. The number of carbonyl (C=O) groups is 2. The van der Waals surface area contributed by atoms with Crippen LogP contribution in [-0.2, 0) is 20.9 Å². The number of esters is 1. The summed E-state index contributed by atoms with van der Waals surface area (Å²) in [6.45, 7) is 4.59. The number of thiazole rings is 1. The third-order valence-electron chi connectivity index (χ3n) is 4.44. The topological polar surface area (TPSA) is 59.5 Å². The monoisotopic (exact) mass is 428 g/mol. The SMILES string of the molecule is COC(=O)CSCCC(=O)N(Cc1ccccc1)c1nc2c(C)cc(C)cc2s1. The van der Waals surface area contributed by atoms with Crippen molar-refractivity contribution in [2.24, 2.45) is 0 Å². The minimum atomic E-state index is -0.277. The van der Waals surface area contributed by atoms with Gasteiger partial charge < -0.3 is 4.74 Å². The van der Waals surface area contributed by atoms with Crippen molar-refractivity contribution in [2.75, 3.05) is 23.5 Å². The van der Waals surface area contributed by atoms with Crippen LogP contribution in [0.3, 0.4) is 0 Å². The van der Waals surface area contributed by atoms with Crippen molar-refractivity contribution in [1.29, 1.82) is 0 Å². The maximum atomic E-state index is 13.1. The molecule has 0 N–H and O–H groups in total. The minimum Gasteiger partial charge on any atom is -0.468 e. The van der Waals surface area contributed by atoms with Crippen LogP contribution in [0.2, 0.25) is 0 Å². The molecule has 1 amide bonds. The lowest BCUT2D eigenvalue weighted by molar-refractivity contribution is -0.137. The molecule has 0 unspecified atom stereocenters. The molecule has 0 fully saturated rings. The zero-order chi connectivity index (χ0) is 20.8. The smallest absolute Gasteiger partial charge is 0.315 e. The molecule has 0 radical (unpaired) electrons. The summed E-state index contributed by atoms with van der Waals surface area (Å²) in [6.07, 6.45) is 0.336. The van der Waals surface area contributed by atoms with Gasteiger partial charge >= 0.3 is 5.97 Å². The second-order valence-corrected chi connectivity index (χ2v) is 8.88. The Morgan fingerprint density at radius 3 is 2.66 bits per heavy atom. The van der Waals surface area contributed by atoms with Gasteiger partial charge in [-0.2, -0.15) is 0 Å². The number of rotatable bonds is 8. The van der Waals surface area contributed by atoms with E-state index in [1.165, 1.54) is 24.4 Å². The van der Waals surface area contributed by atoms with Gasteiger partial charge in [-0.3, -0.25) is 14.5 Å². The zero-order valence-electron chi connectivity index (χ0n) is 16.8. The molecule has 0 aliphatic rings. The van der Waals surface area contributed by atoms with Gasteiger partial charge in [0.2, 0.25) is 5.91 Å². The first-order valence-electron chi connectivity index (χ1n) is 9.34. The molecule has 0 saturated carbocycles. The predicted octanol–water partition coefficient (Wildman–Crippen LogP) is 4.74. The second kappa shape index (κ2) is 9.89. The molecule has 0 spiro atoms. The molecule has 0 atom stereocenters. The van der Waals surface area contributed by atoms with E-state index in [9.17, 15) is 9.59 Å². The number of methoxy groups -OCH3 is 1. The molecule has 0 aliphatic heterocycles. The summed E-state index contributed by atoms with van der Waals surface area (Å²) >= 11 is 2.95. The van der Waals surface area contributed by atoms with Gasteiger partial charge in [0.1, 0.15) is 0 Å². The minimum absolute atomic E-state index is 0.000324. The van der Waals surface area contributed by atoms with E-state index in [1.54, 1.807) is 16.2 Å². The summed E-state index contributed by atoms with van der Waals surface area (Å²) < 4.78 is 5.73. The van der Waals surface area contributed by atoms with E-state index in [1.807, 2.05) is 37.3 Å². The summed E-state index contributed by atoms with van der Waals surface area (Å²) in [5.74, 6) is 0.532. The van der Waals surface area contributed by atoms with Crippen LogP contribution in [0.25, 0.3) is 10.2 Å². The van der Waals surface area contributed by atoms with E-state index in [2.05, 4.69) is 23.8 Å². The number of anilines is 1. The van der Waals surface area contributed by atoms with Gasteiger partial charge in [-0.1, -0.05) is 47.7 Å². The van der Waals surface area contributed by atoms with Crippen molar-refractivity contribution in [3.63, 3.8) is 0 Å². The fraction of sp³-hybridized carbons (Fsp3) is 0.318. The number of ether oxygens (including phenoxy) is 1. The zero-order valence-corrected chi connectivity index (χ0v) is 18.4. The molecule has 3 aromatic rings. The van der Waals surface area contributed by atoms with Crippen molar-refractivity contribution in [3.05, 3.63) is 59.2 Å². The maximum absolute atomic E-state index is 13.1. The van der Waals surface area contributed by atoms with Crippen molar-refractivity contribution in [2.45, 2.75) is 26.8 Å². The molecule has 2 aromatic carbocycles. The van der Waals surface area contributed by atoms with Crippen LogP contribution < -0.4 is 4.90 Å². The van der Waals surface area contributed by atoms with Crippen molar-refractivity contribution in [1.82, 2.24) is 4.98 Å². The van der Waals surface area contributed by atoms with E-state index in [0.717, 1.165) is 21.3 Å². The van der Waals surface area contributed by atoms with E-state index >= 15 is 0 Å². The van der Waals surface area contributed by atoms with Gasteiger partial charge in [-0.05, 0) is 36.6 Å². The van der Waals surface area contributed by atoms with Crippen LogP contribution in [0, 0.1) is 13.8 Å². The summed E-state index contributed by atoms with van der Waals surface area (Å²) in [4.78, 5) is 30.9. The number of nitrogens with zero attached hydrogens (tertiary/aromatic N) is 2. The predicted molar refractivity (Wildman–Crippen MR) is 121 cm³/mol. The standard InChI is InChI=1S/C22H24N2O3S2/c1-15-11-16(2)21-18(12-15)29-22(23-21)24(13-17-7-5-4-6-8-17)19(25)9-10-28-14-20(26)27-3/h4-8,11-12H,9-10,13-14H2,1-3H3. The average Bonchev–Trinajstić information content (AvgIpc) is 3.13. The molecule has 0 saturated heterocycles. The summed E-state index contributed by atoms with van der Waals surface area (Å²) in [7, 11) is 1.37. The Morgan fingerprint density at radius 1 is 1.17 bits per heavy atom. The highest BCUT2D eigenvalue weighted by atomic mass is 32.2. The highest BCUT2D eigenvalue weighted by Crippen LogP contribution is 2.33. The van der Waals surface area contributed by atoms with Gasteiger partial charge in [0.15, 0.2) is 5.13 Å². The number of aromatic nitrogens is 1. The number of hydrogen-bond donors (Lipinski definition) is 0. The van der Waals surface area contributed by atoms with Crippen molar-refractivity contribution < 1.29 is 14.3 Å². The van der Waals surface area contributed by atoms with Crippen molar-refractivity contribution >= 4 is 50.3 Å². The molecule has 152 valence electrons. The fourth-order valence-electron chi connectivity index (χ4n) is 3.01. The quantitative estimate of drug-likeness (QED) is 0.383. The van der Waals surface area contributed by atoms with Gasteiger partial charge in [0, 0.05) is 12.2 Å².